The van der Waals surface area contributed by atoms with E-state index in [9.17, 15) is 14.7 Å². The van der Waals surface area contributed by atoms with Gasteiger partial charge >= 0.3 is 5.97 Å². The van der Waals surface area contributed by atoms with E-state index in [0.29, 0.717) is 11.3 Å². The predicted octanol–water partition coefficient (Wildman–Crippen LogP) is 4.32. The molecular formula is C20H23NO3. The lowest BCUT2D eigenvalue weighted by Crippen LogP contribution is -2.12. The second-order valence-electron chi connectivity index (χ2n) is 5.87. The van der Waals surface area contributed by atoms with Crippen molar-refractivity contribution in [3.05, 3.63) is 64.7 Å². The summed E-state index contributed by atoms with van der Waals surface area (Å²) in [6.45, 7) is 2.16. The van der Waals surface area contributed by atoms with Crippen molar-refractivity contribution in [2.75, 3.05) is 5.73 Å². The summed E-state index contributed by atoms with van der Waals surface area (Å²) in [5, 5.41) is 9.27. The van der Waals surface area contributed by atoms with Crippen LogP contribution in [0.5, 0.6) is 0 Å². The SMILES string of the molecule is CCCCCCc1cccc(C(=O)c2ccccc2C(=O)O)c1N. The zero-order valence-corrected chi connectivity index (χ0v) is 13.9. The van der Waals surface area contributed by atoms with E-state index in [1.165, 1.54) is 25.0 Å². The van der Waals surface area contributed by atoms with E-state index in [-0.39, 0.29) is 16.9 Å². The minimum Gasteiger partial charge on any atom is -0.478 e. The summed E-state index contributed by atoms with van der Waals surface area (Å²) in [4.78, 5) is 24.1. The van der Waals surface area contributed by atoms with Gasteiger partial charge in [-0.2, -0.15) is 0 Å². The number of ketones is 1. The van der Waals surface area contributed by atoms with Crippen LogP contribution in [0.3, 0.4) is 0 Å². The molecule has 3 N–H and O–H groups in total. The van der Waals surface area contributed by atoms with Crippen molar-refractivity contribution in [1.29, 1.82) is 0 Å². The van der Waals surface area contributed by atoms with E-state index < -0.39 is 5.97 Å². The first-order valence-corrected chi connectivity index (χ1v) is 8.30. The molecule has 0 aliphatic carbocycles. The van der Waals surface area contributed by atoms with E-state index in [1.54, 1.807) is 18.2 Å². The maximum atomic E-state index is 12.8. The standard InChI is InChI=1S/C20H23NO3/c1-2-3-4-5-9-14-10-8-13-17(18(14)21)19(22)15-11-6-7-12-16(15)20(23)24/h6-8,10-13H,2-5,9,21H2,1H3,(H,23,24). The summed E-state index contributed by atoms with van der Waals surface area (Å²) in [7, 11) is 0. The molecule has 0 aliphatic heterocycles. The first kappa shape index (κ1) is 17.7. The monoisotopic (exact) mass is 325 g/mol. The lowest BCUT2D eigenvalue weighted by atomic mass is 9.94. The number of carbonyl (C=O) groups is 2. The fourth-order valence-corrected chi connectivity index (χ4v) is 2.78. The van der Waals surface area contributed by atoms with Crippen LogP contribution in [0.2, 0.25) is 0 Å². The number of hydrogen-bond acceptors (Lipinski definition) is 3. The average molecular weight is 325 g/mol. The molecule has 0 aromatic heterocycles. The van der Waals surface area contributed by atoms with Crippen molar-refractivity contribution in [1.82, 2.24) is 0 Å². The Morgan fingerprint density at radius 1 is 0.917 bits per heavy atom. The maximum absolute atomic E-state index is 12.8. The van der Waals surface area contributed by atoms with Crippen LogP contribution in [0, 0.1) is 0 Å². The fourth-order valence-electron chi connectivity index (χ4n) is 2.78. The minimum absolute atomic E-state index is 0.00440. The van der Waals surface area contributed by atoms with Crippen LogP contribution < -0.4 is 5.73 Å². The molecule has 0 fully saturated rings. The summed E-state index contributed by atoms with van der Waals surface area (Å²) in [5.41, 5.74) is 8.13. The van der Waals surface area contributed by atoms with Gasteiger partial charge in [0.15, 0.2) is 5.78 Å². The number of benzene rings is 2. The van der Waals surface area contributed by atoms with E-state index in [2.05, 4.69) is 6.92 Å². The van der Waals surface area contributed by atoms with Crippen molar-refractivity contribution < 1.29 is 14.7 Å². The zero-order chi connectivity index (χ0) is 17.5. The normalized spacial score (nSPS) is 10.5. The molecule has 0 saturated heterocycles. The Morgan fingerprint density at radius 3 is 2.25 bits per heavy atom. The van der Waals surface area contributed by atoms with Crippen LogP contribution in [0.25, 0.3) is 0 Å². The van der Waals surface area contributed by atoms with Gasteiger partial charge in [-0.05, 0) is 30.5 Å². The molecule has 0 heterocycles. The first-order valence-electron chi connectivity index (χ1n) is 8.30. The molecule has 0 unspecified atom stereocenters. The van der Waals surface area contributed by atoms with Gasteiger partial charge in [0, 0.05) is 16.8 Å². The number of carbonyl (C=O) groups excluding carboxylic acids is 1. The second-order valence-corrected chi connectivity index (χ2v) is 5.87. The smallest absolute Gasteiger partial charge is 0.336 e. The van der Waals surface area contributed by atoms with Crippen molar-refractivity contribution in [3.8, 4) is 0 Å². The summed E-state index contributed by atoms with van der Waals surface area (Å²) in [6.07, 6.45) is 5.34. The van der Waals surface area contributed by atoms with Crippen LogP contribution in [0.4, 0.5) is 5.69 Å². The van der Waals surface area contributed by atoms with E-state index in [0.717, 1.165) is 24.8 Å². The molecule has 24 heavy (non-hydrogen) atoms. The second kappa shape index (κ2) is 8.29. The van der Waals surface area contributed by atoms with Crippen molar-refractivity contribution in [3.63, 3.8) is 0 Å². The molecule has 2 rings (SSSR count). The van der Waals surface area contributed by atoms with Gasteiger partial charge in [-0.1, -0.05) is 56.5 Å². The quantitative estimate of drug-likeness (QED) is 0.430. The third-order valence-electron chi connectivity index (χ3n) is 4.14. The highest BCUT2D eigenvalue weighted by atomic mass is 16.4. The maximum Gasteiger partial charge on any atom is 0.336 e. The largest absolute Gasteiger partial charge is 0.478 e. The molecule has 0 atom stereocenters. The molecule has 4 nitrogen and oxygen atoms in total. The number of carboxylic acids is 1. The highest BCUT2D eigenvalue weighted by Gasteiger charge is 2.20. The van der Waals surface area contributed by atoms with Gasteiger partial charge in [0.2, 0.25) is 0 Å². The number of aromatic carboxylic acids is 1. The summed E-state index contributed by atoms with van der Waals surface area (Å²) in [5.74, 6) is -1.46. The fraction of sp³-hybridized carbons (Fsp3) is 0.300. The summed E-state index contributed by atoms with van der Waals surface area (Å²) >= 11 is 0. The van der Waals surface area contributed by atoms with Gasteiger partial charge < -0.3 is 10.8 Å². The number of anilines is 1. The minimum atomic E-state index is -1.12. The first-order chi connectivity index (χ1) is 11.6. The van der Waals surface area contributed by atoms with Crippen molar-refractivity contribution >= 4 is 17.4 Å². The molecule has 0 spiro atoms. The third kappa shape index (κ3) is 4.02. The zero-order valence-electron chi connectivity index (χ0n) is 13.9. The van der Waals surface area contributed by atoms with Gasteiger partial charge in [0.1, 0.15) is 0 Å². The van der Waals surface area contributed by atoms with Gasteiger partial charge in [-0.25, -0.2) is 4.79 Å². The molecule has 4 heteroatoms. The van der Waals surface area contributed by atoms with Gasteiger partial charge in [0.05, 0.1) is 5.56 Å². The van der Waals surface area contributed by atoms with Crippen LogP contribution >= 0.6 is 0 Å². The molecular weight excluding hydrogens is 302 g/mol. The molecule has 0 saturated carbocycles. The lowest BCUT2D eigenvalue weighted by Gasteiger charge is -2.11. The van der Waals surface area contributed by atoms with E-state index >= 15 is 0 Å². The Kier molecular flexibility index (Phi) is 6.13. The van der Waals surface area contributed by atoms with E-state index in [1.807, 2.05) is 12.1 Å². The van der Waals surface area contributed by atoms with Gasteiger partial charge in [-0.3, -0.25) is 4.79 Å². The highest BCUT2D eigenvalue weighted by molar-refractivity contribution is 6.16. The molecule has 0 bridgehead atoms. The van der Waals surface area contributed by atoms with Crippen LogP contribution in [0.1, 0.15) is 64.4 Å². The number of carboxylic acid groups (broad SMARTS) is 1. The summed E-state index contributed by atoms with van der Waals surface area (Å²) < 4.78 is 0. The molecule has 0 aliphatic rings. The third-order valence-corrected chi connectivity index (χ3v) is 4.14. The predicted molar refractivity (Wildman–Crippen MR) is 95.5 cm³/mol. The Morgan fingerprint density at radius 2 is 1.58 bits per heavy atom. The van der Waals surface area contributed by atoms with Crippen LogP contribution in [0.15, 0.2) is 42.5 Å². The van der Waals surface area contributed by atoms with Crippen molar-refractivity contribution in [2.45, 2.75) is 39.0 Å². The molecule has 0 radical (unpaired) electrons. The van der Waals surface area contributed by atoms with Gasteiger partial charge in [-0.15, -0.1) is 0 Å². The van der Waals surface area contributed by atoms with Crippen LogP contribution in [-0.2, 0) is 6.42 Å². The van der Waals surface area contributed by atoms with Crippen molar-refractivity contribution in [2.24, 2.45) is 0 Å². The average Bonchev–Trinajstić information content (AvgIpc) is 2.59. The number of aryl methyl sites for hydroxylation is 1. The Balaban J connectivity index is 2.29. The summed E-state index contributed by atoms with van der Waals surface area (Å²) in [6, 6.07) is 11.6. The number of hydrogen-bond donors (Lipinski definition) is 2. The Labute approximate surface area is 142 Å². The topological polar surface area (TPSA) is 80.4 Å². The number of unbranched alkanes of at least 4 members (excludes halogenated alkanes) is 3. The van der Waals surface area contributed by atoms with E-state index in [4.69, 9.17) is 5.73 Å². The highest BCUT2D eigenvalue weighted by Crippen LogP contribution is 2.24. The Hall–Kier alpha value is -2.62. The lowest BCUT2D eigenvalue weighted by molar-refractivity contribution is 0.0693. The van der Waals surface area contributed by atoms with Gasteiger partial charge in [0.25, 0.3) is 0 Å². The molecule has 2 aromatic carbocycles. The number of nitrogen functional groups attached to an aromatic ring is 1. The number of para-hydroxylation sites is 1. The Bertz CT molecular complexity index is 737. The number of nitrogens with two attached hydrogens (primary N) is 1. The molecule has 126 valence electrons. The molecule has 0 amide bonds. The number of rotatable bonds is 8. The van der Waals surface area contributed by atoms with Crippen LogP contribution in [-0.4, -0.2) is 16.9 Å². The molecule has 2 aromatic rings.